The summed E-state index contributed by atoms with van der Waals surface area (Å²) >= 11 is 0. The van der Waals surface area contributed by atoms with E-state index in [1.165, 1.54) is 0 Å². The van der Waals surface area contributed by atoms with Crippen molar-refractivity contribution in [2.24, 2.45) is 13.0 Å². The number of hydrogen-bond donors (Lipinski definition) is 2. The lowest BCUT2D eigenvalue weighted by Gasteiger charge is -2.33. The van der Waals surface area contributed by atoms with Gasteiger partial charge in [-0.25, -0.2) is 4.79 Å². The number of amides is 1. The maximum Gasteiger partial charge on any atom is 0.341 e. The lowest BCUT2D eigenvalue weighted by molar-refractivity contribution is -0.124. The Kier molecular flexibility index (Phi) is 3.96. The van der Waals surface area contributed by atoms with E-state index >= 15 is 0 Å². The van der Waals surface area contributed by atoms with Gasteiger partial charge >= 0.3 is 5.97 Å². The molecule has 0 bridgehead atoms. The van der Waals surface area contributed by atoms with Crippen molar-refractivity contribution in [2.45, 2.75) is 19.8 Å². The molecule has 7 nitrogen and oxygen atoms in total. The van der Waals surface area contributed by atoms with Crippen LogP contribution in [0.1, 0.15) is 28.9 Å². The van der Waals surface area contributed by atoms with Gasteiger partial charge in [0.2, 0.25) is 5.91 Å². The van der Waals surface area contributed by atoms with E-state index in [0.717, 1.165) is 19.4 Å². The van der Waals surface area contributed by atoms with Crippen LogP contribution in [0.3, 0.4) is 0 Å². The molecule has 1 atom stereocenters. The van der Waals surface area contributed by atoms with Crippen molar-refractivity contribution in [3.63, 3.8) is 0 Å². The summed E-state index contributed by atoms with van der Waals surface area (Å²) in [6, 6.07) is 0. The fourth-order valence-corrected chi connectivity index (χ4v) is 2.85. The van der Waals surface area contributed by atoms with Crippen LogP contribution in [0.4, 0.5) is 5.82 Å². The van der Waals surface area contributed by atoms with Gasteiger partial charge in [-0.05, 0) is 19.8 Å². The van der Waals surface area contributed by atoms with Crippen LogP contribution in [0.15, 0.2) is 0 Å². The van der Waals surface area contributed by atoms with Crippen LogP contribution in [-0.4, -0.2) is 46.9 Å². The molecule has 1 unspecified atom stereocenters. The molecule has 1 saturated heterocycles. The Morgan fingerprint density at radius 1 is 1.45 bits per heavy atom. The van der Waals surface area contributed by atoms with Crippen molar-refractivity contribution in [1.82, 2.24) is 15.1 Å². The highest BCUT2D eigenvalue weighted by atomic mass is 16.4. The Hall–Kier alpha value is -2.05. The summed E-state index contributed by atoms with van der Waals surface area (Å²) in [7, 11) is 3.36. The molecule has 1 amide bonds. The summed E-state index contributed by atoms with van der Waals surface area (Å²) in [4.78, 5) is 25.1. The molecule has 2 heterocycles. The molecule has 1 fully saturated rings. The molecule has 1 aromatic heterocycles. The molecule has 110 valence electrons. The molecule has 2 N–H and O–H groups in total. The van der Waals surface area contributed by atoms with E-state index in [2.05, 4.69) is 10.4 Å². The van der Waals surface area contributed by atoms with E-state index in [0.29, 0.717) is 18.1 Å². The molecule has 20 heavy (non-hydrogen) atoms. The Balaban J connectivity index is 2.32. The number of carboxylic acid groups (broad SMARTS) is 1. The summed E-state index contributed by atoms with van der Waals surface area (Å²) < 4.78 is 1.59. The molecule has 2 rings (SSSR count). The zero-order chi connectivity index (χ0) is 14.9. The maximum atomic E-state index is 11.8. The van der Waals surface area contributed by atoms with Gasteiger partial charge in [-0.1, -0.05) is 0 Å². The number of aryl methyl sites for hydroxylation is 2. The molecule has 0 saturated carbocycles. The lowest BCUT2D eigenvalue weighted by atomic mass is 9.97. The summed E-state index contributed by atoms with van der Waals surface area (Å²) in [6.07, 6.45) is 1.69. The number of aromatic nitrogens is 2. The zero-order valence-corrected chi connectivity index (χ0v) is 12.0. The van der Waals surface area contributed by atoms with Crippen LogP contribution in [0.2, 0.25) is 0 Å². The first-order valence-electron chi connectivity index (χ1n) is 6.69. The minimum atomic E-state index is -0.979. The van der Waals surface area contributed by atoms with Gasteiger partial charge in [0.05, 0.1) is 11.6 Å². The number of anilines is 1. The zero-order valence-electron chi connectivity index (χ0n) is 12.0. The smallest absolute Gasteiger partial charge is 0.341 e. The van der Waals surface area contributed by atoms with E-state index in [4.69, 9.17) is 0 Å². The van der Waals surface area contributed by atoms with Crippen molar-refractivity contribution < 1.29 is 14.7 Å². The summed E-state index contributed by atoms with van der Waals surface area (Å²) in [5.41, 5.74) is 0.724. The first-order valence-corrected chi connectivity index (χ1v) is 6.69. The molecule has 0 radical (unpaired) electrons. The Labute approximate surface area is 117 Å². The van der Waals surface area contributed by atoms with E-state index in [1.807, 2.05) is 4.90 Å². The second kappa shape index (κ2) is 5.52. The fourth-order valence-electron chi connectivity index (χ4n) is 2.85. The highest BCUT2D eigenvalue weighted by Crippen LogP contribution is 2.28. The van der Waals surface area contributed by atoms with E-state index in [-0.39, 0.29) is 17.4 Å². The molecule has 7 heteroatoms. The van der Waals surface area contributed by atoms with E-state index in [1.54, 1.807) is 25.7 Å². The summed E-state index contributed by atoms with van der Waals surface area (Å²) in [6.45, 7) is 2.96. The molecule has 0 spiro atoms. The number of nitrogens with zero attached hydrogens (tertiary/aromatic N) is 3. The van der Waals surface area contributed by atoms with Crippen LogP contribution < -0.4 is 10.2 Å². The number of carbonyl (C=O) groups is 2. The largest absolute Gasteiger partial charge is 0.477 e. The van der Waals surface area contributed by atoms with Crippen molar-refractivity contribution in [1.29, 1.82) is 0 Å². The van der Waals surface area contributed by atoms with Gasteiger partial charge in [0.15, 0.2) is 0 Å². The fraction of sp³-hybridized carbons (Fsp3) is 0.615. The first kappa shape index (κ1) is 14.4. The molecule has 1 aromatic rings. The monoisotopic (exact) mass is 280 g/mol. The number of aromatic carboxylic acids is 1. The lowest BCUT2D eigenvalue weighted by Crippen LogP contribution is -2.43. The van der Waals surface area contributed by atoms with Gasteiger partial charge in [-0.15, -0.1) is 0 Å². The highest BCUT2D eigenvalue weighted by molar-refractivity contribution is 5.95. The number of nitrogens with one attached hydrogen (secondary N) is 1. The average molecular weight is 280 g/mol. The predicted molar refractivity (Wildman–Crippen MR) is 73.9 cm³/mol. The first-order chi connectivity index (χ1) is 9.45. The van der Waals surface area contributed by atoms with Gasteiger partial charge in [-0.3, -0.25) is 9.48 Å². The molecule has 1 aliphatic rings. The molecule has 0 aliphatic carbocycles. The molecular weight excluding hydrogens is 260 g/mol. The van der Waals surface area contributed by atoms with Crippen molar-refractivity contribution in [3.8, 4) is 0 Å². The van der Waals surface area contributed by atoms with Gasteiger partial charge in [0, 0.05) is 27.2 Å². The third-order valence-electron chi connectivity index (χ3n) is 3.74. The molecular formula is C13H20N4O3. The topological polar surface area (TPSA) is 87.5 Å². The number of hydrogen-bond acceptors (Lipinski definition) is 4. The van der Waals surface area contributed by atoms with Gasteiger partial charge in [0.25, 0.3) is 0 Å². The Morgan fingerprint density at radius 2 is 2.15 bits per heavy atom. The van der Waals surface area contributed by atoms with Gasteiger partial charge in [-0.2, -0.15) is 5.10 Å². The van der Waals surface area contributed by atoms with Gasteiger partial charge < -0.3 is 15.3 Å². The predicted octanol–water partition coefficient (Wildman–Crippen LogP) is 0.389. The van der Waals surface area contributed by atoms with Crippen LogP contribution in [0.25, 0.3) is 0 Å². The normalized spacial score (nSPS) is 18.9. The van der Waals surface area contributed by atoms with Crippen LogP contribution >= 0.6 is 0 Å². The van der Waals surface area contributed by atoms with Gasteiger partial charge in [0.1, 0.15) is 11.4 Å². The molecule has 1 aliphatic heterocycles. The number of carboxylic acids is 1. The third kappa shape index (κ3) is 2.48. The number of rotatable bonds is 3. The minimum absolute atomic E-state index is 0.00506. The van der Waals surface area contributed by atoms with Crippen LogP contribution in [0.5, 0.6) is 0 Å². The van der Waals surface area contributed by atoms with Crippen LogP contribution in [0, 0.1) is 12.8 Å². The quantitative estimate of drug-likeness (QED) is 0.836. The second-order valence-corrected chi connectivity index (χ2v) is 5.11. The van der Waals surface area contributed by atoms with Crippen molar-refractivity contribution >= 4 is 17.7 Å². The number of piperidine rings is 1. The summed E-state index contributed by atoms with van der Waals surface area (Å²) in [5, 5.41) is 16.2. The second-order valence-electron chi connectivity index (χ2n) is 5.11. The Bertz CT molecular complexity index is 538. The number of carbonyl (C=O) groups excluding carboxylic acids is 1. The third-order valence-corrected chi connectivity index (χ3v) is 3.74. The van der Waals surface area contributed by atoms with E-state index < -0.39 is 5.97 Å². The highest BCUT2D eigenvalue weighted by Gasteiger charge is 2.30. The molecule has 0 aromatic carbocycles. The minimum Gasteiger partial charge on any atom is -0.477 e. The van der Waals surface area contributed by atoms with Crippen LogP contribution in [-0.2, 0) is 11.8 Å². The maximum absolute atomic E-state index is 11.8. The average Bonchev–Trinajstić information content (AvgIpc) is 2.72. The SMILES string of the molecule is CNC(=O)C1CCCN(c2c(C(=O)O)c(C)nn2C)C1. The summed E-state index contributed by atoms with van der Waals surface area (Å²) in [5.74, 6) is -0.493. The van der Waals surface area contributed by atoms with Crippen molar-refractivity contribution in [2.75, 3.05) is 25.0 Å². The van der Waals surface area contributed by atoms with Crippen molar-refractivity contribution in [3.05, 3.63) is 11.3 Å². The van der Waals surface area contributed by atoms with E-state index in [9.17, 15) is 14.7 Å². The Morgan fingerprint density at radius 3 is 2.75 bits per heavy atom. The standard InChI is InChI=1S/C13H20N4O3/c1-8-10(13(19)20)12(16(3)15-8)17-6-4-5-9(7-17)11(18)14-2/h9H,4-7H2,1-3H3,(H,14,18)(H,19,20).